The van der Waals surface area contributed by atoms with E-state index in [0.29, 0.717) is 11.6 Å². The molecule has 0 atom stereocenters. The standard InChI is InChI=1S/C13H12N2O4S/c1-8-14-15-13(19-8)20-11(12(16)17)7-9-3-5-10(18-2)6-4-9/h3-7H,1-2H3,(H,16,17)/b11-7-. The van der Waals surface area contributed by atoms with Crippen LogP contribution in [0.25, 0.3) is 6.08 Å². The first-order valence-electron chi connectivity index (χ1n) is 5.65. The van der Waals surface area contributed by atoms with Crippen molar-refractivity contribution in [1.29, 1.82) is 0 Å². The number of thioether (sulfide) groups is 1. The van der Waals surface area contributed by atoms with Gasteiger partial charge in [-0.05, 0) is 35.5 Å². The molecular weight excluding hydrogens is 280 g/mol. The molecule has 0 aliphatic rings. The number of carboxylic acids is 1. The van der Waals surface area contributed by atoms with Crippen molar-refractivity contribution in [2.75, 3.05) is 7.11 Å². The Morgan fingerprint density at radius 1 is 1.35 bits per heavy atom. The van der Waals surface area contributed by atoms with Crippen LogP contribution in [0, 0.1) is 6.92 Å². The first-order chi connectivity index (χ1) is 9.58. The van der Waals surface area contributed by atoms with E-state index in [0.717, 1.165) is 17.3 Å². The fraction of sp³-hybridized carbons (Fsp3) is 0.154. The third-order valence-electron chi connectivity index (χ3n) is 2.33. The third-order valence-corrected chi connectivity index (χ3v) is 3.18. The summed E-state index contributed by atoms with van der Waals surface area (Å²) < 4.78 is 10.2. The molecule has 0 unspecified atom stereocenters. The van der Waals surface area contributed by atoms with Crippen molar-refractivity contribution in [3.05, 3.63) is 40.6 Å². The quantitative estimate of drug-likeness (QED) is 0.669. The topological polar surface area (TPSA) is 85.5 Å². The van der Waals surface area contributed by atoms with Gasteiger partial charge in [0.15, 0.2) is 0 Å². The van der Waals surface area contributed by atoms with Crippen LogP contribution in [0.15, 0.2) is 38.8 Å². The van der Waals surface area contributed by atoms with Gasteiger partial charge in [0.2, 0.25) is 5.89 Å². The highest BCUT2D eigenvalue weighted by Gasteiger charge is 2.14. The van der Waals surface area contributed by atoms with Gasteiger partial charge in [0, 0.05) is 6.92 Å². The van der Waals surface area contributed by atoms with Crippen LogP contribution >= 0.6 is 11.8 Å². The number of aromatic nitrogens is 2. The Labute approximate surface area is 119 Å². The first-order valence-corrected chi connectivity index (χ1v) is 6.47. The second-order valence-electron chi connectivity index (χ2n) is 3.78. The first kappa shape index (κ1) is 14.1. The summed E-state index contributed by atoms with van der Waals surface area (Å²) in [5, 5.41) is 16.8. The highest BCUT2D eigenvalue weighted by molar-refractivity contribution is 8.03. The fourth-order valence-electron chi connectivity index (χ4n) is 1.40. The zero-order valence-electron chi connectivity index (χ0n) is 10.9. The molecule has 0 bridgehead atoms. The molecule has 6 nitrogen and oxygen atoms in total. The van der Waals surface area contributed by atoms with Gasteiger partial charge in [-0.25, -0.2) is 4.79 Å². The van der Waals surface area contributed by atoms with Gasteiger partial charge in [-0.15, -0.1) is 10.2 Å². The maximum Gasteiger partial charge on any atom is 0.342 e. The second-order valence-corrected chi connectivity index (χ2v) is 4.77. The Morgan fingerprint density at radius 3 is 2.55 bits per heavy atom. The summed E-state index contributed by atoms with van der Waals surface area (Å²) in [7, 11) is 1.57. The van der Waals surface area contributed by atoms with Gasteiger partial charge in [0.1, 0.15) is 10.7 Å². The number of nitrogens with zero attached hydrogens (tertiary/aromatic N) is 2. The summed E-state index contributed by atoms with van der Waals surface area (Å²) in [5.74, 6) is 0.0440. The van der Waals surface area contributed by atoms with Crippen LogP contribution in [-0.2, 0) is 4.79 Å². The average molecular weight is 292 g/mol. The number of ether oxygens (including phenoxy) is 1. The maximum atomic E-state index is 11.2. The van der Waals surface area contributed by atoms with E-state index in [1.807, 2.05) is 0 Å². The second kappa shape index (κ2) is 6.25. The van der Waals surface area contributed by atoms with Gasteiger partial charge in [-0.1, -0.05) is 12.1 Å². The maximum absolute atomic E-state index is 11.2. The summed E-state index contributed by atoms with van der Waals surface area (Å²) >= 11 is 0.912. The number of hydrogen-bond acceptors (Lipinski definition) is 6. The van der Waals surface area contributed by atoms with Crippen LogP contribution in [0.4, 0.5) is 0 Å². The zero-order chi connectivity index (χ0) is 14.5. The van der Waals surface area contributed by atoms with Gasteiger partial charge in [0.25, 0.3) is 5.22 Å². The number of benzene rings is 1. The van der Waals surface area contributed by atoms with Gasteiger partial charge in [-0.2, -0.15) is 0 Å². The summed E-state index contributed by atoms with van der Waals surface area (Å²) in [6, 6.07) is 7.04. The highest BCUT2D eigenvalue weighted by atomic mass is 32.2. The van der Waals surface area contributed by atoms with Crippen LogP contribution in [0.5, 0.6) is 5.75 Å². The van der Waals surface area contributed by atoms with E-state index >= 15 is 0 Å². The van der Waals surface area contributed by atoms with Crippen LogP contribution in [-0.4, -0.2) is 28.4 Å². The van der Waals surface area contributed by atoms with Crippen molar-refractivity contribution in [1.82, 2.24) is 10.2 Å². The van der Waals surface area contributed by atoms with Crippen LogP contribution in [0.1, 0.15) is 11.5 Å². The lowest BCUT2D eigenvalue weighted by molar-refractivity contribution is -0.131. The predicted molar refractivity (Wildman–Crippen MR) is 73.5 cm³/mol. The van der Waals surface area contributed by atoms with Crippen molar-refractivity contribution in [3.63, 3.8) is 0 Å². The van der Waals surface area contributed by atoms with Crippen molar-refractivity contribution < 1.29 is 19.1 Å². The number of rotatable bonds is 5. The van der Waals surface area contributed by atoms with E-state index < -0.39 is 5.97 Å². The molecule has 2 aromatic rings. The van der Waals surface area contributed by atoms with Crippen LogP contribution in [0.2, 0.25) is 0 Å². The Kier molecular flexibility index (Phi) is 4.41. The molecule has 1 aromatic heterocycles. The zero-order valence-corrected chi connectivity index (χ0v) is 11.7. The lowest BCUT2D eigenvalue weighted by Gasteiger charge is -2.01. The van der Waals surface area contributed by atoms with Crippen molar-refractivity contribution in [3.8, 4) is 5.75 Å². The minimum absolute atomic E-state index is 0.0961. The molecule has 1 aromatic carbocycles. The lowest BCUT2D eigenvalue weighted by Crippen LogP contribution is -1.96. The van der Waals surface area contributed by atoms with E-state index in [9.17, 15) is 9.90 Å². The Morgan fingerprint density at radius 2 is 2.05 bits per heavy atom. The van der Waals surface area contributed by atoms with E-state index in [1.165, 1.54) is 6.08 Å². The van der Waals surface area contributed by atoms with Gasteiger partial charge in [0.05, 0.1) is 7.11 Å². The largest absolute Gasteiger partial charge is 0.497 e. The van der Waals surface area contributed by atoms with Gasteiger partial charge < -0.3 is 14.3 Å². The molecule has 0 saturated carbocycles. The summed E-state index contributed by atoms with van der Waals surface area (Å²) in [6.45, 7) is 1.64. The summed E-state index contributed by atoms with van der Waals surface area (Å²) in [6.07, 6.45) is 1.53. The smallest absolute Gasteiger partial charge is 0.342 e. The number of methoxy groups -OCH3 is 1. The summed E-state index contributed by atoms with van der Waals surface area (Å²) in [4.78, 5) is 11.3. The number of aliphatic carboxylic acids is 1. The molecule has 0 fully saturated rings. The van der Waals surface area contributed by atoms with Crippen LogP contribution in [0.3, 0.4) is 0 Å². The van der Waals surface area contributed by atoms with Gasteiger partial charge >= 0.3 is 5.97 Å². The number of aryl methyl sites for hydroxylation is 1. The molecular formula is C13H12N2O4S. The molecule has 104 valence electrons. The average Bonchev–Trinajstić information content (AvgIpc) is 2.84. The van der Waals surface area contributed by atoms with E-state index in [4.69, 9.17) is 9.15 Å². The highest BCUT2D eigenvalue weighted by Crippen LogP contribution is 2.27. The van der Waals surface area contributed by atoms with E-state index in [2.05, 4.69) is 10.2 Å². The molecule has 1 N–H and O–H groups in total. The SMILES string of the molecule is COc1ccc(/C=C(\Sc2nnc(C)o2)C(=O)O)cc1. The number of carbonyl (C=O) groups is 1. The number of hydrogen-bond donors (Lipinski definition) is 1. The third kappa shape index (κ3) is 3.61. The molecule has 0 amide bonds. The normalized spacial score (nSPS) is 11.4. The van der Waals surface area contributed by atoms with Crippen molar-refractivity contribution in [2.24, 2.45) is 0 Å². The van der Waals surface area contributed by atoms with Gasteiger partial charge in [-0.3, -0.25) is 0 Å². The minimum Gasteiger partial charge on any atom is -0.497 e. The molecule has 20 heavy (non-hydrogen) atoms. The Bertz CT molecular complexity index is 634. The molecule has 0 aliphatic heterocycles. The molecule has 1 heterocycles. The fourth-order valence-corrected chi connectivity index (χ4v) is 2.11. The molecule has 2 rings (SSSR count). The molecule has 0 saturated heterocycles. The Balaban J connectivity index is 2.22. The monoisotopic (exact) mass is 292 g/mol. The van der Waals surface area contributed by atoms with E-state index in [1.54, 1.807) is 38.3 Å². The molecule has 0 spiro atoms. The van der Waals surface area contributed by atoms with Crippen LogP contribution < -0.4 is 4.74 Å². The lowest BCUT2D eigenvalue weighted by atomic mass is 10.2. The summed E-state index contributed by atoms with van der Waals surface area (Å²) in [5.41, 5.74) is 0.743. The molecule has 7 heteroatoms. The number of carboxylic acid groups (broad SMARTS) is 1. The van der Waals surface area contributed by atoms with Crippen molar-refractivity contribution >= 4 is 23.8 Å². The molecule has 0 aliphatic carbocycles. The minimum atomic E-state index is -1.05. The molecule has 0 radical (unpaired) electrons. The van der Waals surface area contributed by atoms with E-state index in [-0.39, 0.29) is 10.1 Å². The predicted octanol–water partition coefficient (Wildman–Crippen LogP) is 2.60. The van der Waals surface area contributed by atoms with Crippen molar-refractivity contribution in [2.45, 2.75) is 12.1 Å². The Hall–Kier alpha value is -2.28.